The molecule has 0 saturated heterocycles. The fourth-order valence-corrected chi connectivity index (χ4v) is 3.55. The summed E-state index contributed by atoms with van der Waals surface area (Å²) < 4.78 is 1.17. The van der Waals surface area contributed by atoms with E-state index in [1.807, 2.05) is 18.3 Å². The van der Waals surface area contributed by atoms with Crippen LogP contribution in [0.1, 0.15) is 0 Å². The average Bonchev–Trinajstić information content (AvgIpc) is 2.76. The molecule has 2 aromatic carbocycles. The van der Waals surface area contributed by atoms with E-state index in [1.54, 1.807) is 23.7 Å². The lowest BCUT2D eigenvalue weighted by Gasteiger charge is -2.06. The van der Waals surface area contributed by atoms with Gasteiger partial charge in [0.2, 0.25) is 0 Å². The fourth-order valence-electron chi connectivity index (χ4n) is 2.53. The van der Waals surface area contributed by atoms with Crippen molar-refractivity contribution in [3.63, 3.8) is 0 Å². The van der Waals surface area contributed by atoms with Gasteiger partial charge in [0.05, 0.1) is 0 Å². The summed E-state index contributed by atoms with van der Waals surface area (Å²) in [4.78, 5) is 9.41. The van der Waals surface area contributed by atoms with Gasteiger partial charge in [0.25, 0.3) is 0 Å². The Morgan fingerprint density at radius 1 is 1.05 bits per heavy atom. The lowest BCUT2D eigenvalue weighted by atomic mass is 10.0. The molecule has 4 N–H and O–H groups in total. The Balaban J connectivity index is 2.36. The van der Waals surface area contributed by atoms with Crippen molar-refractivity contribution in [2.24, 2.45) is 0 Å². The highest BCUT2D eigenvalue weighted by molar-refractivity contribution is 7.25. The van der Waals surface area contributed by atoms with Crippen molar-refractivity contribution < 1.29 is 0 Å². The third-order valence-corrected chi connectivity index (χ3v) is 4.36. The SMILES string of the molecule is Nc1cc(N)c2c(ccc3sc4ncncc4c32)c1. The van der Waals surface area contributed by atoms with Gasteiger partial charge in [-0.15, -0.1) is 11.3 Å². The van der Waals surface area contributed by atoms with Crippen molar-refractivity contribution in [2.45, 2.75) is 0 Å². The average molecular weight is 266 g/mol. The summed E-state index contributed by atoms with van der Waals surface area (Å²) in [5.74, 6) is 0. The van der Waals surface area contributed by atoms with Gasteiger partial charge in [-0.3, -0.25) is 0 Å². The van der Waals surface area contributed by atoms with Gasteiger partial charge in [-0.25, -0.2) is 9.97 Å². The smallest absolute Gasteiger partial charge is 0.127 e. The number of nitrogen functional groups attached to an aromatic ring is 2. The summed E-state index contributed by atoms with van der Waals surface area (Å²) in [6, 6.07) is 7.88. The molecule has 19 heavy (non-hydrogen) atoms. The molecular formula is C14H10N4S. The quantitative estimate of drug-likeness (QED) is 0.479. The minimum atomic E-state index is 0.681. The number of fused-ring (bicyclic) bond motifs is 5. The van der Waals surface area contributed by atoms with Gasteiger partial charge in [0.1, 0.15) is 11.2 Å². The van der Waals surface area contributed by atoms with Gasteiger partial charge >= 0.3 is 0 Å². The lowest BCUT2D eigenvalue weighted by Crippen LogP contribution is -1.92. The first-order valence-electron chi connectivity index (χ1n) is 5.84. The Labute approximate surface area is 112 Å². The molecule has 5 heteroatoms. The summed E-state index contributed by atoms with van der Waals surface area (Å²) in [5, 5.41) is 4.25. The number of anilines is 2. The van der Waals surface area contributed by atoms with Crippen molar-refractivity contribution in [2.75, 3.05) is 11.5 Å². The molecule has 0 amide bonds. The van der Waals surface area contributed by atoms with Crippen LogP contribution in [0, 0.1) is 0 Å². The van der Waals surface area contributed by atoms with Crippen LogP contribution in [-0.4, -0.2) is 9.97 Å². The molecule has 0 saturated carbocycles. The second-order valence-electron chi connectivity index (χ2n) is 4.49. The molecule has 0 aliphatic rings. The summed E-state index contributed by atoms with van der Waals surface area (Å²) in [6.45, 7) is 0. The molecule has 92 valence electrons. The van der Waals surface area contributed by atoms with Crippen molar-refractivity contribution in [3.05, 3.63) is 36.8 Å². The van der Waals surface area contributed by atoms with Crippen molar-refractivity contribution in [1.82, 2.24) is 9.97 Å². The van der Waals surface area contributed by atoms with Crippen molar-refractivity contribution in [1.29, 1.82) is 0 Å². The van der Waals surface area contributed by atoms with Crippen LogP contribution in [0.5, 0.6) is 0 Å². The first kappa shape index (κ1) is 10.5. The minimum absolute atomic E-state index is 0.681. The van der Waals surface area contributed by atoms with Crippen molar-refractivity contribution in [3.8, 4) is 0 Å². The molecule has 0 aliphatic heterocycles. The van der Waals surface area contributed by atoms with Gasteiger partial charge < -0.3 is 11.5 Å². The van der Waals surface area contributed by atoms with Crippen LogP contribution in [0.15, 0.2) is 36.8 Å². The third-order valence-electron chi connectivity index (χ3n) is 3.28. The maximum Gasteiger partial charge on any atom is 0.127 e. The molecule has 4 aromatic rings. The predicted molar refractivity (Wildman–Crippen MR) is 81.3 cm³/mol. The van der Waals surface area contributed by atoms with Crippen LogP contribution in [-0.2, 0) is 0 Å². The van der Waals surface area contributed by atoms with E-state index in [4.69, 9.17) is 11.5 Å². The minimum Gasteiger partial charge on any atom is -0.399 e. The first-order valence-corrected chi connectivity index (χ1v) is 6.65. The van der Waals surface area contributed by atoms with Gasteiger partial charge in [-0.2, -0.15) is 0 Å². The van der Waals surface area contributed by atoms with E-state index < -0.39 is 0 Å². The predicted octanol–water partition coefficient (Wildman–Crippen LogP) is 3.16. The normalized spacial score (nSPS) is 11.6. The fraction of sp³-hybridized carbons (Fsp3) is 0. The molecule has 0 spiro atoms. The van der Waals surface area contributed by atoms with E-state index in [0.717, 1.165) is 26.4 Å². The van der Waals surface area contributed by atoms with Crippen molar-refractivity contribution >= 4 is 53.8 Å². The number of nitrogens with zero attached hydrogens (tertiary/aromatic N) is 2. The van der Waals surface area contributed by atoms with Gasteiger partial charge in [0, 0.05) is 38.4 Å². The molecular weight excluding hydrogens is 256 g/mol. The molecule has 0 aliphatic carbocycles. The zero-order chi connectivity index (χ0) is 13.0. The largest absolute Gasteiger partial charge is 0.399 e. The number of hydrogen-bond acceptors (Lipinski definition) is 5. The van der Waals surface area contributed by atoms with Crippen LogP contribution in [0.4, 0.5) is 11.4 Å². The highest BCUT2D eigenvalue weighted by Crippen LogP contribution is 2.39. The van der Waals surface area contributed by atoms with Crippen LogP contribution < -0.4 is 11.5 Å². The second kappa shape index (κ2) is 3.55. The standard InChI is InChI=1S/C14H10N4S/c15-8-3-7-1-2-11-13(12(7)10(16)4-8)9-5-17-6-18-14(9)19-11/h1-6H,15-16H2. The van der Waals surface area contributed by atoms with E-state index in [2.05, 4.69) is 16.0 Å². The van der Waals surface area contributed by atoms with E-state index in [9.17, 15) is 0 Å². The topological polar surface area (TPSA) is 77.8 Å². The Kier molecular flexibility index (Phi) is 1.97. The maximum atomic E-state index is 6.16. The summed E-state index contributed by atoms with van der Waals surface area (Å²) >= 11 is 1.65. The van der Waals surface area contributed by atoms with E-state index in [0.29, 0.717) is 11.4 Å². The van der Waals surface area contributed by atoms with Crippen LogP contribution in [0.3, 0.4) is 0 Å². The molecule has 2 aromatic heterocycles. The lowest BCUT2D eigenvalue weighted by molar-refractivity contribution is 1.24. The Hall–Kier alpha value is -2.40. The summed E-state index contributed by atoms with van der Waals surface area (Å²) in [5.41, 5.74) is 13.4. The number of rotatable bonds is 0. The molecule has 0 bridgehead atoms. The van der Waals surface area contributed by atoms with Gasteiger partial charge in [-0.1, -0.05) is 6.07 Å². The highest BCUT2D eigenvalue weighted by atomic mass is 32.1. The number of benzene rings is 2. The molecule has 4 rings (SSSR count). The second-order valence-corrected chi connectivity index (χ2v) is 5.52. The number of nitrogens with two attached hydrogens (primary N) is 2. The number of aromatic nitrogens is 2. The third kappa shape index (κ3) is 1.39. The highest BCUT2D eigenvalue weighted by Gasteiger charge is 2.11. The maximum absolute atomic E-state index is 6.16. The molecule has 0 fully saturated rings. The summed E-state index contributed by atoms with van der Waals surface area (Å²) in [7, 11) is 0. The monoisotopic (exact) mass is 266 g/mol. The Bertz CT molecular complexity index is 942. The Morgan fingerprint density at radius 3 is 2.84 bits per heavy atom. The molecule has 4 nitrogen and oxygen atoms in total. The van der Waals surface area contributed by atoms with E-state index in [-0.39, 0.29) is 0 Å². The number of thiophene rings is 1. The first-order chi connectivity index (χ1) is 9.24. The molecule has 0 atom stereocenters. The van der Waals surface area contributed by atoms with E-state index in [1.165, 1.54) is 4.70 Å². The van der Waals surface area contributed by atoms with E-state index >= 15 is 0 Å². The van der Waals surface area contributed by atoms with Crippen LogP contribution >= 0.6 is 11.3 Å². The van der Waals surface area contributed by atoms with Crippen LogP contribution in [0.25, 0.3) is 31.1 Å². The zero-order valence-electron chi connectivity index (χ0n) is 9.92. The van der Waals surface area contributed by atoms with Gasteiger partial charge in [0.15, 0.2) is 0 Å². The number of hydrogen-bond donors (Lipinski definition) is 2. The van der Waals surface area contributed by atoms with Crippen LogP contribution in [0.2, 0.25) is 0 Å². The Morgan fingerprint density at radius 2 is 1.95 bits per heavy atom. The molecule has 2 heterocycles. The zero-order valence-corrected chi connectivity index (χ0v) is 10.7. The molecule has 0 unspecified atom stereocenters. The molecule has 0 radical (unpaired) electrons. The van der Waals surface area contributed by atoms with Gasteiger partial charge in [-0.05, 0) is 23.6 Å². The summed E-state index contributed by atoms with van der Waals surface area (Å²) in [6.07, 6.45) is 3.41.